The lowest BCUT2D eigenvalue weighted by atomic mass is 10.1. The molecule has 3 heteroatoms. The summed E-state index contributed by atoms with van der Waals surface area (Å²) in [6, 6.07) is 0. The van der Waals surface area contributed by atoms with Crippen LogP contribution in [0.5, 0.6) is 0 Å². The minimum absolute atomic E-state index is 0.0486. The molecule has 0 radical (unpaired) electrons. The second-order valence-corrected chi connectivity index (χ2v) is 2.35. The maximum Gasteiger partial charge on any atom is 0.128 e. The predicted octanol–water partition coefficient (Wildman–Crippen LogP) is 0.722. The number of imidazole rings is 1. The molecule has 0 fully saturated rings. The monoisotopic (exact) mass is 138 g/mol. The molecule has 0 aliphatic rings. The molecule has 1 unspecified atom stereocenters. The Hall–Kier alpha value is -1.12. The smallest absolute Gasteiger partial charge is 0.128 e. The number of aromatic nitrogens is 2. The Labute approximate surface area is 59.7 Å². The van der Waals surface area contributed by atoms with Gasteiger partial charge in [0.25, 0.3) is 0 Å². The molecule has 0 spiro atoms. The number of hydrogen-bond donors (Lipinski definition) is 0. The van der Waals surface area contributed by atoms with Gasteiger partial charge in [0.15, 0.2) is 0 Å². The van der Waals surface area contributed by atoms with E-state index in [4.69, 9.17) is 0 Å². The van der Waals surface area contributed by atoms with Gasteiger partial charge >= 0.3 is 0 Å². The molecular formula is C7H10N2O. The molecule has 0 bridgehead atoms. The number of aldehydes is 1. The van der Waals surface area contributed by atoms with E-state index in [0.29, 0.717) is 0 Å². The molecule has 1 aromatic rings. The third-order valence-electron chi connectivity index (χ3n) is 1.52. The minimum atomic E-state index is -0.0486. The zero-order valence-electron chi connectivity index (χ0n) is 6.11. The van der Waals surface area contributed by atoms with E-state index in [1.165, 1.54) is 0 Å². The van der Waals surface area contributed by atoms with Crippen LogP contribution in [0.1, 0.15) is 18.5 Å². The zero-order valence-corrected chi connectivity index (χ0v) is 6.11. The Morgan fingerprint density at radius 2 is 2.50 bits per heavy atom. The molecule has 1 atom stereocenters. The highest BCUT2D eigenvalue weighted by Gasteiger charge is 2.05. The summed E-state index contributed by atoms with van der Waals surface area (Å²) in [6.07, 6.45) is 4.31. The normalized spacial score (nSPS) is 13.0. The highest BCUT2D eigenvalue weighted by Crippen LogP contribution is 2.09. The van der Waals surface area contributed by atoms with Crippen LogP contribution in [0.2, 0.25) is 0 Å². The maximum atomic E-state index is 10.3. The van der Waals surface area contributed by atoms with Crippen molar-refractivity contribution in [1.82, 2.24) is 9.55 Å². The number of rotatable bonds is 2. The average molecular weight is 138 g/mol. The predicted molar refractivity (Wildman–Crippen MR) is 37.7 cm³/mol. The summed E-state index contributed by atoms with van der Waals surface area (Å²) < 4.78 is 1.85. The lowest BCUT2D eigenvalue weighted by Gasteiger charge is -2.02. The molecule has 0 saturated heterocycles. The van der Waals surface area contributed by atoms with Crippen LogP contribution in [-0.2, 0) is 11.8 Å². The van der Waals surface area contributed by atoms with E-state index >= 15 is 0 Å². The fourth-order valence-electron chi connectivity index (χ4n) is 0.876. The van der Waals surface area contributed by atoms with Crippen molar-refractivity contribution in [3.63, 3.8) is 0 Å². The number of hydrogen-bond acceptors (Lipinski definition) is 2. The van der Waals surface area contributed by atoms with E-state index in [9.17, 15) is 4.79 Å². The molecule has 0 aliphatic carbocycles. The fraction of sp³-hybridized carbons (Fsp3) is 0.429. The summed E-state index contributed by atoms with van der Waals surface area (Å²) in [5, 5.41) is 0. The van der Waals surface area contributed by atoms with Gasteiger partial charge in [-0.25, -0.2) is 4.98 Å². The molecule has 10 heavy (non-hydrogen) atoms. The first kappa shape index (κ1) is 6.99. The van der Waals surface area contributed by atoms with Crippen molar-refractivity contribution in [3.8, 4) is 0 Å². The average Bonchev–Trinajstić information content (AvgIpc) is 2.34. The Kier molecular flexibility index (Phi) is 1.85. The van der Waals surface area contributed by atoms with Crippen LogP contribution in [0.3, 0.4) is 0 Å². The lowest BCUT2D eigenvalue weighted by Crippen LogP contribution is -2.00. The van der Waals surface area contributed by atoms with Crippen molar-refractivity contribution in [2.24, 2.45) is 7.05 Å². The summed E-state index contributed by atoms with van der Waals surface area (Å²) in [5.74, 6) is -0.0486. The van der Waals surface area contributed by atoms with Gasteiger partial charge in [0.1, 0.15) is 6.29 Å². The summed E-state index contributed by atoms with van der Waals surface area (Å²) in [4.78, 5) is 14.2. The molecule has 0 saturated carbocycles. The minimum Gasteiger partial charge on any atom is -0.337 e. The third-order valence-corrected chi connectivity index (χ3v) is 1.52. The van der Waals surface area contributed by atoms with Crippen LogP contribution in [-0.4, -0.2) is 15.8 Å². The van der Waals surface area contributed by atoms with E-state index in [0.717, 1.165) is 12.0 Å². The zero-order chi connectivity index (χ0) is 7.56. The Morgan fingerprint density at radius 3 is 2.90 bits per heavy atom. The van der Waals surface area contributed by atoms with E-state index in [1.54, 1.807) is 12.5 Å². The summed E-state index contributed by atoms with van der Waals surface area (Å²) in [5.41, 5.74) is 0.954. The van der Waals surface area contributed by atoms with Crippen molar-refractivity contribution in [2.45, 2.75) is 12.8 Å². The topological polar surface area (TPSA) is 34.9 Å². The van der Waals surface area contributed by atoms with Crippen LogP contribution in [0.4, 0.5) is 0 Å². The van der Waals surface area contributed by atoms with E-state index in [-0.39, 0.29) is 5.92 Å². The molecule has 0 aliphatic heterocycles. The largest absolute Gasteiger partial charge is 0.337 e. The van der Waals surface area contributed by atoms with E-state index in [1.807, 2.05) is 18.5 Å². The Morgan fingerprint density at radius 1 is 1.80 bits per heavy atom. The van der Waals surface area contributed by atoms with Gasteiger partial charge < -0.3 is 9.36 Å². The Bertz CT molecular complexity index is 229. The van der Waals surface area contributed by atoms with Gasteiger partial charge in [0, 0.05) is 18.9 Å². The van der Waals surface area contributed by atoms with Crippen molar-refractivity contribution in [3.05, 3.63) is 18.2 Å². The van der Waals surface area contributed by atoms with Gasteiger partial charge in [-0.15, -0.1) is 0 Å². The maximum absolute atomic E-state index is 10.3. The highest BCUT2D eigenvalue weighted by atomic mass is 16.1. The van der Waals surface area contributed by atoms with Crippen LogP contribution < -0.4 is 0 Å². The Balaban J connectivity index is 2.92. The van der Waals surface area contributed by atoms with Crippen LogP contribution in [0.25, 0.3) is 0 Å². The van der Waals surface area contributed by atoms with Gasteiger partial charge in [-0.05, 0) is 0 Å². The van der Waals surface area contributed by atoms with Crippen molar-refractivity contribution in [1.29, 1.82) is 0 Å². The lowest BCUT2D eigenvalue weighted by molar-refractivity contribution is -0.108. The third kappa shape index (κ3) is 1.07. The molecule has 1 rings (SSSR count). The SMILES string of the molecule is CC(C=O)c1cncn1C. The van der Waals surface area contributed by atoms with Gasteiger partial charge in [0.05, 0.1) is 12.2 Å². The second kappa shape index (κ2) is 2.64. The van der Waals surface area contributed by atoms with Gasteiger partial charge in [-0.1, -0.05) is 6.92 Å². The van der Waals surface area contributed by atoms with Crippen molar-refractivity contribution in [2.75, 3.05) is 0 Å². The molecule has 3 nitrogen and oxygen atoms in total. The number of nitrogens with zero attached hydrogens (tertiary/aromatic N) is 2. The van der Waals surface area contributed by atoms with Gasteiger partial charge in [-0.3, -0.25) is 0 Å². The number of carbonyl (C=O) groups excluding carboxylic acids is 1. The van der Waals surface area contributed by atoms with Crippen molar-refractivity contribution < 1.29 is 4.79 Å². The first-order valence-electron chi connectivity index (χ1n) is 3.17. The second-order valence-electron chi connectivity index (χ2n) is 2.35. The quantitative estimate of drug-likeness (QED) is 0.564. The first-order chi connectivity index (χ1) is 4.75. The number of aryl methyl sites for hydroxylation is 1. The molecule has 1 aromatic heterocycles. The molecule has 0 amide bonds. The fourth-order valence-corrected chi connectivity index (χ4v) is 0.876. The van der Waals surface area contributed by atoms with Gasteiger partial charge in [-0.2, -0.15) is 0 Å². The summed E-state index contributed by atoms with van der Waals surface area (Å²) >= 11 is 0. The van der Waals surface area contributed by atoms with Crippen molar-refractivity contribution >= 4 is 6.29 Å². The standard InChI is InChI=1S/C7H10N2O/c1-6(4-10)7-3-8-5-9(7)2/h3-6H,1-2H3. The first-order valence-corrected chi connectivity index (χ1v) is 3.17. The van der Waals surface area contributed by atoms with Crippen LogP contribution in [0.15, 0.2) is 12.5 Å². The molecular weight excluding hydrogens is 128 g/mol. The van der Waals surface area contributed by atoms with E-state index in [2.05, 4.69) is 4.98 Å². The van der Waals surface area contributed by atoms with Gasteiger partial charge in [0.2, 0.25) is 0 Å². The molecule has 1 heterocycles. The molecule has 54 valence electrons. The summed E-state index contributed by atoms with van der Waals surface area (Å²) in [7, 11) is 1.88. The number of carbonyl (C=O) groups is 1. The van der Waals surface area contributed by atoms with Crippen LogP contribution >= 0.6 is 0 Å². The highest BCUT2D eigenvalue weighted by molar-refractivity contribution is 5.59. The molecule has 0 aromatic carbocycles. The summed E-state index contributed by atoms with van der Waals surface area (Å²) in [6.45, 7) is 1.85. The molecule has 0 N–H and O–H groups in total. The van der Waals surface area contributed by atoms with Crippen LogP contribution in [0, 0.1) is 0 Å². The van der Waals surface area contributed by atoms with E-state index < -0.39 is 0 Å².